The van der Waals surface area contributed by atoms with Gasteiger partial charge in [-0.1, -0.05) is 62.4 Å². The molecule has 9 heteroatoms. The molecule has 1 aromatic heterocycles. The summed E-state index contributed by atoms with van der Waals surface area (Å²) in [6, 6.07) is 15.0. The molecule has 4 rings (SSSR count). The van der Waals surface area contributed by atoms with Crippen LogP contribution in [0.2, 0.25) is 0 Å². The summed E-state index contributed by atoms with van der Waals surface area (Å²) in [5, 5.41) is 14.3. The van der Waals surface area contributed by atoms with Crippen LogP contribution < -0.4 is 10.6 Å². The molecule has 0 saturated heterocycles. The van der Waals surface area contributed by atoms with Crippen molar-refractivity contribution in [2.45, 2.75) is 32.4 Å². The Kier molecular flexibility index (Phi) is 6.62. The first-order valence-corrected chi connectivity index (χ1v) is 10.9. The Hall–Kier alpha value is -4.14. The molecule has 1 aliphatic rings. The van der Waals surface area contributed by atoms with E-state index in [0.29, 0.717) is 0 Å². The molecule has 0 radical (unpaired) electrons. The Labute approximate surface area is 196 Å². The van der Waals surface area contributed by atoms with Crippen molar-refractivity contribution in [1.82, 2.24) is 15.6 Å². The zero-order valence-electron chi connectivity index (χ0n) is 18.8. The van der Waals surface area contributed by atoms with E-state index in [1.165, 1.54) is 0 Å². The van der Waals surface area contributed by atoms with Crippen LogP contribution in [0, 0.1) is 5.92 Å². The quantitative estimate of drug-likeness (QED) is 0.466. The molecule has 34 heavy (non-hydrogen) atoms. The predicted octanol–water partition coefficient (Wildman–Crippen LogP) is 3.55. The number of alkyl carbamates (subject to hydrolysis) is 1. The highest BCUT2D eigenvalue weighted by Crippen LogP contribution is 2.44. The number of nitrogens with one attached hydrogen (secondary N) is 2. The summed E-state index contributed by atoms with van der Waals surface area (Å²) in [5.41, 5.74) is 4.37. The largest absolute Gasteiger partial charge is 0.480 e. The third-order valence-corrected chi connectivity index (χ3v) is 5.81. The highest BCUT2D eigenvalue weighted by Gasteiger charge is 2.29. The molecule has 0 bridgehead atoms. The summed E-state index contributed by atoms with van der Waals surface area (Å²) in [6.45, 7) is 3.38. The van der Waals surface area contributed by atoms with Crippen LogP contribution in [-0.4, -0.2) is 40.7 Å². The number of aliphatic carboxylic acids is 1. The van der Waals surface area contributed by atoms with Gasteiger partial charge in [-0.25, -0.2) is 14.6 Å². The fourth-order valence-corrected chi connectivity index (χ4v) is 4.11. The SMILES string of the molecule is CC(C)C(NC(=O)c1ncoc1CNC(=O)OCC1c2ccccc2-c2ccccc21)C(=O)O. The molecule has 1 atom stereocenters. The molecule has 1 heterocycles. The molecule has 176 valence electrons. The summed E-state index contributed by atoms with van der Waals surface area (Å²) < 4.78 is 10.7. The molecule has 9 nitrogen and oxygen atoms in total. The summed E-state index contributed by atoms with van der Waals surface area (Å²) in [5.74, 6) is -2.15. The van der Waals surface area contributed by atoms with Gasteiger partial charge in [-0.2, -0.15) is 0 Å². The molecule has 1 unspecified atom stereocenters. The lowest BCUT2D eigenvalue weighted by atomic mass is 9.98. The maximum Gasteiger partial charge on any atom is 0.407 e. The van der Waals surface area contributed by atoms with Crippen molar-refractivity contribution in [3.8, 4) is 11.1 Å². The number of benzene rings is 2. The number of rotatable bonds is 8. The van der Waals surface area contributed by atoms with Crippen molar-refractivity contribution >= 4 is 18.0 Å². The number of hydrogen-bond acceptors (Lipinski definition) is 6. The zero-order valence-corrected chi connectivity index (χ0v) is 18.8. The lowest BCUT2D eigenvalue weighted by molar-refractivity contribution is -0.140. The third kappa shape index (κ3) is 4.63. The van der Waals surface area contributed by atoms with Gasteiger partial charge in [-0.05, 0) is 28.2 Å². The number of carbonyl (C=O) groups excluding carboxylic acids is 2. The van der Waals surface area contributed by atoms with E-state index in [1.807, 2.05) is 36.4 Å². The van der Waals surface area contributed by atoms with Gasteiger partial charge in [0.25, 0.3) is 5.91 Å². The summed E-state index contributed by atoms with van der Waals surface area (Å²) in [7, 11) is 0. The van der Waals surface area contributed by atoms with Gasteiger partial charge in [-0.15, -0.1) is 0 Å². The molecule has 0 saturated carbocycles. The molecule has 0 fully saturated rings. The fraction of sp³-hybridized carbons (Fsp3) is 0.280. The Morgan fingerprint density at radius 1 is 1.06 bits per heavy atom. The lowest BCUT2D eigenvalue weighted by Gasteiger charge is -2.17. The molecule has 3 aromatic rings. The fourth-order valence-electron chi connectivity index (χ4n) is 4.11. The minimum absolute atomic E-state index is 0.0752. The van der Waals surface area contributed by atoms with Crippen molar-refractivity contribution in [3.63, 3.8) is 0 Å². The number of nitrogens with zero attached hydrogens (tertiary/aromatic N) is 1. The van der Waals surface area contributed by atoms with Crippen LogP contribution in [0.5, 0.6) is 0 Å². The van der Waals surface area contributed by atoms with E-state index in [9.17, 15) is 19.5 Å². The van der Waals surface area contributed by atoms with Crippen LogP contribution in [0.4, 0.5) is 4.79 Å². The van der Waals surface area contributed by atoms with Crippen molar-refractivity contribution < 1.29 is 28.6 Å². The topological polar surface area (TPSA) is 131 Å². The standard InChI is InChI=1S/C25H25N3O6/c1-14(2)21(24(30)31)28-23(29)22-20(34-13-27-22)11-26-25(32)33-12-19-17-9-5-3-7-15(17)16-8-4-6-10-18(16)19/h3-10,13-14,19,21H,11-12H2,1-2H3,(H,26,32)(H,28,29)(H,30,31). The van der Waals surface area contributed by atoms with Crippen LogP contribution in [0.3, 0.4) is 0 Å². The molecule has 2 aromatic carbocycles. The van der Waals surface area contributed by atoms with Gasteiger partial charge in [-0.3, -0.25) is 4.79 Å². The zero-order chi connectivity index (χ0) is 24.2. The van der Waals surface area contributed by atoms with E-state index in [1.54, 1.807) is 13.8 Å². The van der Waals surface area contributed by atoms with Crippen LogP contribution in [0.25, 0.3) is 11.1 Å². The molecular weight excluding hydrogens is 438 g/mol. The maximum atomic E-state index is 12.5. The average molecular weight is 463 g/mol. The van der Waals surface area contributed by atoms with Crippen LogP contribution >= 0.6 is 0 Å². The lowest BCUT2D eigenvalue weighted by Crippen LogP contribution is -2.44. The van der Waals surface area contributed by atoms with Crippen LogP contribution in [0.15, 0.2) is 59.3 Å². The summed E-state index contributed by atoms with van der Waals surface area (Å²) >= 11 is 0. The van der Waals surface area contributed by atoms with Gasteiger partial charge in [0.1, 0.15) is 12.6 Å². The molecule has 3 N–H and O–H groups in total. The monoisotopic (exact) mass is 463 g/mol. The molecule has 0 spiro atoms. The van der Waals surface area contributed by atoms with Gasteiger partial charge in [0.2, 0.25) is 0 Å². The van der Waals surface area contributed by atoms with E-state index in [-0.39, 0.29) is 36.4 Å². The van der Waals surface area contributed by atoms with Crippen LogP contribution in [-0.2, 0) is 16.1 Å². The molecule has 2 amide bonds. The second-order valence-corrected chi connectivity index (χ2v) is 8.34. The molecule has 1 aliphatic carbocycles. The number of fused-ring (bicyclic) bond motifs is 3. The second kappa shape index (κ2) is 9.78. The Morgan fingerprint density at radius 3 is 2.26 bits per heavy atom. The first-order chi connectivity index (χ1) is 16.4. The van der Waals surface area contributed by atoms with Gasteiger partial charge in [0, 0.05) is 5.92 Å². The van der Waals surface area contributed by atoms with Crippen LogP contribution in [0.1, 0.15) is 47.1 Å². The Bertz CT molecular complexity index is 1170. The van der Waals surface area contributed by atoms with Gasteiger partial charge >= 0.3 is 12.1 Å². The number of hydrogen-bond donors (Lipinski definition) is 3. The number of oxazole rings is 1. The number of aromatic nitrogens is 1. The predicted molar refractivity (Wildman–Crippen MR) is 122 cm³/mol. The van der Waals surface area contributed by atoms with Gasteiger partial charge in [0.15, 0.2) is 17.8 Å². The normalized spacial score (nSPS) is 13.1. The van der Waals surface area contributed by atoms with E-state index in [0.717, 1.165) is 28.6 Å². The molecule has 0 aliphatic heterocycles. The van der Waals surface area contributed by atoms with E-state index in [4.69, 9.17) is 9.15 Å². The van der Waals surface area contributed by atoms with Gasteiger partial charge in [0.05, 0.1) is 6.54 Å². The third-order valence-electron chi connectivity index (χ3n) is 5.81. The smallest absolute Gasteiger partial charge is 0.407 e. The highest BCUT2D eigenvalue weighted by molar-refractivity contribution is 5.95. The van der Waals surface area contributed by atoms with Crippen molar-refractivity contribution in [2.75, 3.05) is 6.61 Å². The van der Waals surface area contributed by atoms with Crippen molar-refractivity contribution in [1.29, 1.82) is 0 Å². The number of amides is 2. The van der Waals surface area contributed by atoms with E-state index < -0.39 is 24.0 Å². The number of carboxylic acid groups (broad SMARTS) is 1. The number of carboxylic acids is 1. The summed E-state index contributed by atoms with van der Waals surface area (Å²) in [6.07, 6.45) is 0.393. The molecular formula is C25H25N3O6. The van der Waals surface area contributed by atoms with E-state index >= 15 is 0 Å². The minimum atomic E-state index is -1.15. The first kappa shape index (κ1) is 23.0. The maximum absolute atomic E-state index is 12.5. The second-order valence-electron chi connectivity index (χ2n) is 8.34. The number of ether oxygens (including phenoxy) is 1. The Morgan fingerprint density at radius 2 is 1.68 bits per heavy atom. The first-order valence-electron chi connectivity index (χ1n) is 10.9. The average Bonchev–Trinajstić information content (AvgIpc) is 3.42. The number of carbonyl (C=O) groups is 3. The van der Waals surface area contributed by atoms with E-state index in [2.05, 4.69) is 27.8 Å². The van der Waals surface area contributed by atoms with Crippen molar-refractivity contribution in [2.24, 2.45) is 5.92 Å². The highest BCUT2D eigenvalue weighted by atomic mass is 16.5. The van der Waals surface area contributed by atoms with Gasteiger partial charge < -0.3 is 24.9 Å². The minimum Gasteiger partial charge on any atom is -0.480 e. The Balaban J connectivity index is 1.36. The van der Waals surface area contributed by atoms with Crippen molar-refractivity contribution in [3.05, 3.63) is 77.5 Å². The summed E-state index contributed by atoms with van der Waals surface area (Å²) in [4.78, 5) is 40.1.